The molecule has 12 heteroatoms. The average Bonchev–Trinajstić information content (AvgIpc) is 2.66. The van der Waals surface area contributed by atoms with Crippen LogP contribution in [-0.2, 0) is 0 Å². The van der Waals surface area contributed by atoms with E-state index < -0.39 is 28.2 Å². The van der Waals surface area contributed by atoms with Crippen LogP contribution < -0.4 is 67.9 Å². The van der Waals surface area contributed by atoms with E-state index in [-0.39, 0.29) is 57.6 Å². The summed E-state index contributed by atoms with van der Waals surface area (Å²) in [5.41, 5.74) is 9.64. The zero-order valence-corrected chi connectivity index (χ0v) is 11.5. The van der Waals surface area contributed by atoms with Gasteiger partial charge in [0.2, 0.25) is 12.4 Å². The molecule has 2 aliphatic rings. The Kier molecular flexibility index (Phi) is 5.32. The maximum Gasteiger partial charge on any atom is 1.00 e. The van der Waals surface area contributed by atoms with Crippen molar-refractivity contribution in [3.8, 4) is 0 Å². The average molecular weight is 266 g/mol. The summed E-state index contributed by atoms with van der Waals surface area (Å²) < 4.78 is 0. The fourth-order valence-corrected chi connectivity index (χ4v) is 1.21. The molecule has 1 unspecified atom stereocenters. The van der Waals surface area contributed by atoms with Gasteiger partial charge in [-0.2, -0.15) is 0 Å². The van der Waals surface area contributed by atoms with Crippen molar-refractivity contribution in [3.05, 3.63) is 44.9 Å². The van der Waals surface area contributed by atoms with Gasteiger partial charge < -0.3 is 5.11 Å². The topological polar surface area (TPSA) is 152 Å². The van der Waals surface area contributed by atoms with Crippen molar-refractivity contribution < 1.29 is 66.3 Å². The summed E-state index contributed by atoms with van der Waals surface area (Å²) in [6.45, 7) is 0. The summed E-state index contributed by atoms with van der Waals surface area (Å²) >= 11 is 0. The van der Waals surface area contributed by atoms with Gasteiger partial charge in [-0.25, -0.2) is 0 Å². The van der Waals surface area contributed by atoms with E-state index >= 15 is 0 Å². The van der Waals surface area contributed by atoms with Crippen molar-refractivity contribution in [1.29, 1.82) is 0 Å². The molecule has 1 atom stereocenters. The summed E-state index contributed by atoms with van der Waals surface area (Å²) in [5.74, 6) is 0. The van der Waals surface area contributed by atoms with E-state index in [0.29, 0.717) is 11.4 Å². The molecule has 17 heavy (non-hydrogen) atoms. The van der Waals surface area contributed by atoms with Crippen molar-refractivity contribution in [2.75, 3.05) is 0 Å². The van der Waals surface area contributed by atoms with Crippen LogP contribution in [0.15, 0.2) is 0 Å². The third kappa shape index (κ3) is 2.81. The Morgan fingerprint density at radius 1 is 1.35 bits per heavy atom. The molecule has 11 nitrogen and oxygen atoms in total. The molecule has 2 heterocycles. The number of fused-ring (bicyclic) bond motifs is 1. The number of hydrogen-bond acceptors (Lipinski definition) is 6. The first-order valence-corrected chi connectivity index (χ1v) is 3.86. The predicted octanol–water partition coefficient (Wildman–Crippen LogP) is -5.49. The van der Waals surface area contributed by atoms with Crippen molar-refractivity contribution >= 4 is 0 Å². The van der Waals surface area contributed by atoms with Gasteiger partial charge >= 0.3 is 63.5 Å². The van der Waals surface area contributed by atoms with E-state index in [9.17, 15) is 25.3 Å². The molecule has 2 aliphatic heterocycles. The van der Waals surface area contributed by atoms with Crippen LogP contribution in [0, 0.1) is 44.9 Å². The quantitative estimate of drug-likeness (QED) is 0.299. The van der Waals surface area contributed by atoms with E-state index in [1.165, 1.54) is 0 Å². The number of aliphatic hydroxyl groups excluding tert-OH is 1. The SMILES string of the molecule is O=[N+]([O-])[C]1[CH][C]([N+](=O)[O-])C(O)N2[N][N][N][C]12.[K+]. The molecule has 2 rings (SSSR count). The van der Waals surface area contributed by atoms with Crippen LogP contribution >= 0.6 is 0 Å². The molecule has 0 aromatic carbocycles. The molecule has 0 saturated carbocycles. The van der Waals surface area contributed by atoms with E-state index in [1.54, 1.807) is 0 Å². The standard InChI is InChI=1S/C5H3N6O5.K/c12-5-3(11(15)16)1-2(10(13)14)4-6-7-8-9(4)5;/h1,5,12H;/q;+1. The number of nitro groups is 2. The summed E-state index contributed by atoms with van der Waals surface area (Å²) in [6.07, 6.45) is -1.43. The maximum atomic E-state index is 10.6. The minimum Gasteiger partial charge on any atom is -0.370 e. The summed E-state index contributed by atoms with van der Waals surface area (Å²) in [4.78, 5) is 19.3. The minimum absolute atomic E-state index is 0. The van der Waals surface area contributed by atoms with E-state index in [2.05, 4.69) is 16.5 Å². The van der Waals surface area contributed by atoms with Crippen LogP contribution in [0.4, 0.5) is 0 Å². The zero-order chi connectivity index (χ0) is 11.9. The second-order valence-corrected chi connectivity index (χ2v) is 2.79. The Hall–Kier alpha value is 0.236. The van der Waals surface area contributed by atoms with Crippen molar-refractivity contribution in [2.24, 2.45) is 0 Å². The molecule has 7 radical (unpaired) electrons. The first-order chi connectivity index (χ1) is 7.52. The summed E-state index contributed by atoms with van der Waals surface area (Å²) in [5, 5.41) is 31.2. The number of rotatable bonds is 2. The van der Waals surface area contributed by atoms with Crippen LogP contribution in [-0.4, -0.2) is 26.2 Å². The monoisotopic (exact) mass is 266 g/mol. The molecular formula is C5H3KN6O5+. The second-order valence-electron chi connectivity index (χ2n) is 2.79. The van der Waals surface area contributed by atoms with Crippen LogP contribution in [0.1, 0.15) is 0 Å². The summed E-state index contributed by atoms with van der Waals surface area (Å²) in [7, 11) is 0. The largest absolute Gasteiger partial charge is 1.00 e. The molecule has 0 aromatic heterocycles. The Morgan fingerprint density at radius 3 is 2.53 bits per heavy atom. The van der Waals surface area contributed by atoms with Crippen molar-refractivity contribution in [1.82, 2.24) is 21.5 Å². The Labute approximate surface area is 138 Å². The van der Waals surface area contributed by atoms with Crippen molar-refractivity contribution in [3.63, 3.8) is 0 Å². The van der Waals surface area contributed by atoms with E-state index in [0.717, 1.165) is 0 Å². The van der Waals surface area contributed by atoms with Gasteiger partial charge in [0, 0.05) is 9.85 Å². The van der Waals surface area contributed by atoms with Gasteiger partial charge in [-0.1, -0.05) is 5.43 Å². The first kappa shape index (κ1) is 15.3. The van der Waals surface area contributed by atoms with E-state index in [4.69, 9.17) is 0 Å². The molecule has 2 saturated heterocycles. The molecule has 1 N–H and O–H groups in total. The smallest absolute Gasteiger partial charge is 0.370 e. The Bertz CT molecular complexity index is 330. The van der Waals surface area contributed by atoms with Gasteiger partial charge in [0.1, 0.15) is 6.42 Å². The maximum absolute atomic E-state index is 10.6. The van der Waals surface area contributed by atoms with Gasteiger partial charge in [0.15, 0.2) is 0 Å². The molecule has 0 bridgehead atoms. The number of hydrogen-bond donors (Lipinski definition) is 1. The molecule has 0 aromatic rings. The van der Waals surface area contributed by atoms with E-state index in [1.807, 2.05) is 0 Å². The fraction of sp³-hybridized carbons (Fsp3) is 0.200. The molecular weight excluding hydrogens is 263 g/mol. The predicted molar refractivity (Wildman–Crippen MR) is 42.3 cm³/mol. The second kappa shape index (κ2) is 5.92. The number of aliphatic hydroxyl groups is 1. The molecule has 0 aliphatic carbocycles. The van der Waals surface area contributed by atoms with Crippen LogP contribution in [0.3, 0.4) is 0 Å². The molecule has 0 spiro atoms. The van der Waals surface area contributed by atoms with Crippen LogP contribution in [0.2, 0.25) is 0 Å². The van der Waals surface area contributed by atoms with Crippen LogP contribution in [0.25, 0.3) is 0 Å². The zero-order valence-electron chi connectivity index (χ0n) is 8.42. The third-order valence-electron chi connectivity index (χ3n) is 1.91. The van der Waals surface area contributed by atoms with Crippen molar-refractivity contribution in [2.45, 2.75) is 6.23 Å². The number of nitrogens with zero attached hydrogens (tertiary/aromatic N) is 6. The molecule has 83 valence electrons. The molecule has 0 amide bonds. The van der Waals surface area contributed by atoms with Gasteiger partial charge in [-0.05, 0) is 11.1 Å². The minimum atomic E-state index is -1.73. The normalized spacial score (nSPS) is 27.5. The first-order valence-electron chi connectivity index (χ1n) is 3.86. The molecule has 2 fully saturated rings. The van der Waals surface area contributed by atoms with Gasteiger partial charge in [-0.3, -0.25) is 20.2 Å². The Morgan fingerprint density at radius 2 is 2.00 bits per heavy atom. The summed E-state index contributed by atoms with van der Waals surface area (Å²) in [6, 6.07) is -1.39. The Balaban J connectivity index is 0.00000144. The fourth-order valence-electron chi connectivity index (χ4n) is 1.21. The van der Waals surface area contributed by atoms with Crippen LogP contribution in [0.5, 0.6) is 0 Å². The van der Waals surface area contributed by atoms with Gasteiger partial charge in [-0.15, -0.1) is 5.01 Å². The number of piperidine rings is 1. The third-order valence-corrected chi connectivity index (χ3v) is 1.91. The van der Waals surface area contributed by atoms with Gasteiger partial charge in [0.25, 0.3) is 0 Å². The van der Waals surface area contributed by atoms with Gasteiger partial charge in [0.05, 0.1) is 0 Å².